The summed E-state index contributed by atoms with van der Waals surface area (Å²) in [6, 6.07) is 0.326. The molecule has 0 amide bonds. The standard InChI is InChI=1S/C13H20N4S/c1-4-12-8-15-13(18-12)10(2)14-6-5-11-7-16-17(3)9-11/h7-10,14H,4-6H2,1-3H3. The Labute approximate surface area is 112 Å². The molecule has 5 heteroatoms. The van der Waals surface area contributed by atoms with E-state index < -0.39 is 0 Å². The molecule has 2 aromatic rings. The van der Waals surface area contributed by atoms with Gasteiger partial charge in [-0.2, -0.15) is 5.10 Å². The van der Waals surface area contributed by atoms with Crippen LogP contribution in [0.4, 0.5) is 0 Å². The Morgan fingerprint density at radius 3 is 2.89 bits per heavy atom. The summed E-state index contributed by atoms with van der Waals surface area (Å²) in [4.78, 5) is 5.81. The maximum absolute atomic E-state index is 4.46. The van der Waals surface area contributed by atoms with Crippen LogP contribution in [0.1, 0.15) is 35.3 Å². The number of hydrogen-bond acceptors (Lipinski definition) is 4. The first-order valence-corrected chi connectivity index (χ1v) is 7.16. The van der Waals surface area contributed by atoms with E-state index in [-0.39, 0.29) is 0 Å². The number of aryl methyl sites for hydroxylation is 2. The second kappa shape index (κ2) is 6.11. The molecule has 2 rings (SSSR count). The normalized spacial score (nSPS) is 12.8. The van der Waals surface area contributed by atoms with Gasteiger partial charge in [-0.15, -0.1) is 11.3 Å². The Hall–Kier alpha value is -1.20. The van der Waals surface area contributed by atoms with Crippen molar-refractivity contribution < 1.29 is 0 Å². The van der Waals surface area contributed by atoms with E-state index >= 15 is 0 Å². The lowest BCUT2D eigenvalue weighted by Gasteiger charge is -2.10. The first-order chi connectivity index (χ1) is 8.69. The summed E-state index contributed by atoms with van der Waals surface area (Å²) < 4.78 is 1.84. The van der Waals surface area contributed by atoms with Crippen LogP contribution in [0, 0.1) is 0 Å². The lowest BCUT2D eigenvalue weighted by Crippen LogP contribution is -2.21. The lowest BCUT2D eigenvalue weighted by atomic mass is 10.2. The molecule has 0 radical (unpaired) electrons. The Morgan fingerprint density at radius 2 is 2.28 bits per heavy atom. The number of nitrogens with one attached hydrogen (secondary N) is 1. The third kappa shape index (κ3) is 3.40. The summed E-state index contributed by atoms with van der Waals surface area (Å²) in [6.45, 7) is 5.28. The van der Waals surface area contributed by atoms with Crippen molar-refractivity contribution in [1.82, 2.24) is 20.1 Å². The van der Waals surface area contributed by atoms with Gasteiger partial charge in [-0.1, -0.05) is 6.92 Å². The molecule has 0 spiro atoms. The average molecular weight is 264 g/mol. The molecule has 0 saturated carbocycles. The number of rotatable bonds is 6. The summed E-state index contributed by atoms with van der Waals surface area (Å²) >= 11 is 1.80. The van der Waals surface area contributed by atoms with E-state index in [0.717, 1.165) is 19.4 Å². The van der Waals surface area contributed by atoms with Gasteiger partial charge in [0.1, 0.15) is 5.01 Å². The van der Waals surface area contributed by atoms with Gasteiger partial charge in [-0.25, -0.2) is 4.98 Å². The van der Waals surface area contributed by atoms with Gasteiger partial charge in [0.15, 0.2) is 0 Å². The van der Waals surface area contributed by atoms with Crippen molar-refractivity contribution in [3.63, 3.8) is 0 Å². The molecule has 0 saturated heterocycles. The molecule has 2 heterocycles. The highest BCUT2D eigenvalue weighted by atomic mass is 32.1. The Balaban J connectivity index is 1.79. The quantitative estimate of drug-likeness (QED) is 0.871. The van der Waals surface area contributed by atoms with E-state index in [1.807, 2.05) is 24.1 Å². The topological polar surface area (TPSA) is 42.7 Å². The average Bonchev–Trinajstić information content (AvgIpc) is 2.98. The summed E-state index contributed by atoms with van der Waals surface area (Å²) in [7, 11) is 1.95. The molecular weight excluding hydrogens is 244 g/mol. The smallest absolute Gasteiger partial charge is 0.109 e. The van der Waals surface area contributed by atoms with Gasteiger partial charge in [0.2, 0.25) is 0 Å². The third-order valence-corrected chi connectivity index (χ3v) is 4.24. The van der Waals surface area contributed by atoms with E-state index in [9.17, 15) is 0 Å². The van der Waals surface area contributed by atoms with Gasteiger partial charge in [0.05, 0.1) is 12.2 Å². The molecule has 18 heavy (non-hydrogen) atoms. The molecule has 0 bridgehead atoms. The molecule has 1 unspecified atom stereocenters. The number of thiazole rings is 1. The fourth-order valence-electron chi connectivity index (χ4n) is 1.81. The molecule has 0 aromatic carbocycles. The fourth-order valence-corrected chi connectivity index (χ4v) is 2.69. The largest absolute Gasteiger partial charge is 0.308 e. The summed E-state index contributed by atoms with van der Waals surface area (Å²) in [5.74, 6) is 0. The molecule has 0 aliphatic heterocycles. The zero-order valence-corrected chi connectivity index (χ0v) is 12.0. The second-order valence-corrected chi connectivity index (χ2v) is 5.61. The maximum atomic E-state index is 4.46. The number of aromatic nitrogens is 3. The lowest BCUT2D eigenvalue weighted by molar-refractivity contribution is 0.574. The van der Waals surface area contributed by atoms with Gasteiger partial charge in [0.25, 0.3) is 0 Å². The van der Waals surface area contributed by atoms with E-state index in [4.69, 9.17) is 0 Å². The highest BCUT2D eigenvalue weighted by Gasteiger charge is 2.09. The summed E-state index contributed by atoms with van der Waals surface area (Å²) in [5, 5.41) is 8.85. The number of hydrogen-bond donors (Lipinski definition) is 1. The van der Waals surface area contributed by atoms with Crippen LogP contribution in [0.15, 0.2) is 18.6 Å². The van der Waals surface area contributed by atoms with Crippen molar-refractivity contribution in [3.8, 4) is 0 Å². The molecule has 0 aliphatic rings. The van der Waals surface area contributed by atoms with Gasteiger partial charge in [-0.3, -0.25) is 4.68 Å². The Bertz CT molecular complexity index is 489. The van der Waals surface area contributed by atoms with Crippen LogP contribution in [0.5, 0.6) is 0 Å². The molecule has 4 nitrogen and oxygen atoms in total. The van der Waals surface area contributed by atoms with E-state index in [0.29, 0.717) is 6.04 Å². The molecular formula is C13H20N4S. The van der Waals surface area contributed by atoms with Crippen LogP contribution in [0.2, 0.25) is 0 Å². The molecule has 1 atom stereocenters. The highest BCUT2D eigenvalue weighted by Crippen LogP contribution is 2.20. The van der Waals surface area contributed by atoms with Gasteiger partial charge >= 0.3 is 0 Å². The minimum atomic E-state index is 0.326. The Morgan fingerprint density at radius 1 is 1.44 bits per heavy atom. The van der Waals surface area contributed by atoms with Crippen LogP contribution in [-0.2, 0) is 19.9 Å². The zero-order valence-electron chi connectivity index (χ0n) is 11.2. The molecule has 2 aromatic heterocycles. The predicted octanol–water partition coefficient (Wildman–Crippen LogP) is 2.33. The molecule has 1 N–H and O–H groups in total. The van der Waals surface area contributed by atoms with Gasteiger partial charge < -0.3 is 5.32 Å². The SMILES string of the molecule is CCc1cnc(C(C)NCCc2cnn(C)c2)s1. The summed E-state index contributed by atoms with van der Waals surface area (Å²) in [5.41, 5.74) is 1.27. The first-order valence-electron chi connectivity index (χ1n) is 6.34. The number of nitrogens with zero attached hydrogens (tertiary/aromatic N) is 3. The van der Waals surface area contributed by atoms with Gasteiger partial charge in [0, 0.05) is 24.3 Å². The monoisotopic (exact) mass is 264 g/mol. The fraction of sp³-hybridized carbons (Fsp3) is 0.538. The van der Waals surface area contributed by atoms with Crippen LogP contribution < -0.4 is 5.32 Å². The Kier molecular flexibility index (Phi) is 4.49. The minimum Gasteiger partial charge on any atom is -0.308 e. The second-order valence-electron chi connectivity index (χ2n) is 4.47. The van der Waals surface area contributed by atoms with E-state index in [2.05, 4.69) is 35.4 Å². The van der Waals surface area contributed by atoms with Crippen LogP contribution >= 0.6 is 11.3 Å². The van der Waals surface area contributed by atoms with Crippen LogP contribution in [0.3, 0.4) is 0 Å². The first kappa shape index (κ1) is 13.2. The van der Waals surface area contributed by atoms with Crippen LogP contribution in [-0.4, -0.2) is 21.3 Å². The predicted molar refractivity (Wildman–Crippen MR) is 74.8 cm³/mol. The van der Waals surface area contributed by atoms with Crippen molar-refractivity contribution in [2.24, 2.45) is 7.05 Å². The van der Waals surface area contributed by atoms with E-state index in [1.165, 1.54) is 15.4 Å². The van der Waals surface area contributed by atoms with Crippen molar-refractivity contribution >= 4 is 11.3 Å². The van der Waals surface area contributed by atoms with Crippen molar-refractivity contribution in [1.29, 1.82) is 0 Å². The molecule has 98 valence electrons. The van der Waals surface area contributed by atoms with Crippen molar-refractivity contribution in [2.75, 3.05) is 6.54 Å². The third-order valence-electron chi connectivity index (χ3n) is 2.91. The molecule has 0 fully saturated rings. The van der Waals surface area contributed by atoms with Crippen molar-refractivity contribution in [2.45, 2.75) is 32.7 Å². The van der Waals surface area contributed by atoms with Crippen molar-refractivity contribution in [3.05, 3.63) is 34.0 Å². The van der Waals surface area contributed by atoms with E-state index in [1.54, 1.807) is 11.3 Å². The minimum absolute atomic E-state index is 0.326. The maximum Gasteiger partial charge on any atom is 0.109 e. The van der Waals surface area contributed by atoms with Crippen LogP contribution in [0.25, 0.3) is 0 Å². The highest BCUT2D eigenvalue weighted by molar-refractivity contribution is 7.11. The van der Waals surface area contributed by atoms with Gasteiger partial charge in [-0.05, 0) is 31.9 Å². The summed E-state index contributed by atoms with van der Waals surface area (Å²) in [6.07, 6.45) is 8.04. The molecule has 0 aliphatic carbocycles. The zero-order chi connectivity index (χ0) is 13.0.